The van der Waals surface area contributed by atoms with E-state index in [0.717, 1.165) is 22.7 Å². The van der Waals surface area contributed by atoms with Crippen molar-refractivity contribution in [3.05, 3.63) is 96.4 Å². The number of ether oxygens (including phenoxy) is 1. The Hall–Kier alpha value is -4.46. The quantitative estimate of drug-likeness (QED) is 0.410. The van der Waals surface area contributed by atoms with Crippen LogP contribution in [-0.2, 0) is 0 Å². The number of para-hydroxylation sites is 1. The zero-order valence-electron chi connectivity index (χ0n) is 18.1. The van der Waals surface area contributed by atoms with Crippen molar-refractivity contribution < 1.29 is 14.3 Å². The summed E-state index contributed by atoms with van der Waals surface area (Å²) in [5.74, 6) is 0.179. The fourth-order valence-electron chi connectivity index (χ4n) is 3.27. The summed E-state index contributed by atoms with van der Waals surface area (Å²) < 4.78 is 6.98. The highest BCUT2D eigenvalue weighted by Gasteiger charge is 2.17. The molecule has 2 N–H and O–H groups in total. The second-order valence-corrected chi connectivity index (χ2v) is 7.14. The van der Waals surface area contributed by atoms with E-state index in [1.54, 1.807) is 36.2 Å². The first-order chi connectivity index (χ1) is 16.2. The van der Waals surface area contributed by atoms with Crippen LogP contribution in [0.1, 0.15) is 20.8 Å². The highest BCUT2D eigenvalue weighted by atomic mass is 16.5. The van der Waals surface area contributed by atoms with Crippen molar-refractivity contribution in [3.8, 4) is 22.7 Å². The Balaban J connectivity index is 1.47. The Morgan fingerprint density at radius 3 is 2.30 bits per heavy atom. The van der Waals surface area contributed by atoms with Gasteiger partial charge in [-0.2, -0.15) is 5.10 Å². The molecular formula is C25H23N5O3. The molecule has 0 aliphatic carbocycles. The van der Waals surface area contributed by atoms with Crippen LogP contribution in [0.2, 0.25) is 0 Å². The van der Waals surface area contributed by atoms with E-state index in [0.29, 0.717) is 5.56 Å². The Labute approximate surface area is 191 Å². The molecule has 2 aromatic heterocycles. The monoisotopic (exact) mass is 441 g/mol. The highest BCUT2D eigenvalue weighted by Crippen LogP contribution is 2.26. The first kappa shape index (κ1) is 21.8. The van der Waals surface area contributed by atoms with Crippen LogP contribution in [0.3, 0.4) is 0 Å². The van der Waals surface area contributed by atoms with Gasteiger partial charge in [0.05, 0.1) is 24.1 Å². The normalized spacial score (nSPS) is 10.5. The summed E-state index contributed by atoms with van der Waals surface area (Å²) in [6.45, 7) is 0.547. The van der Waals surface area contributed by atoms with E-state index in [-0.39, 0.29) is 30.6 Å². The molecule has 2 amide bonds. The third kappa shape index (κ3) is 5.24. The molecule has 0 saturated carbocycles. The number of nitrogens with zero attached hydrogens (tertiary/aromatic N) is 3. The molecule has 33 heavy (non-hydrogen) atoms. The molecule has 0 aliphatic heterocycles. The molecule has 0 fully saturated rings. The fourth-order valence-corrected chi connectivity index (χ4v) is 3.27. The van der Waals surface area contributed by atoms with Gasteiger partial charge in [-0.25, -0.2) is 4.68 Å². The van der Waals surface area contributed by atoms with Crippen LogP contribution < -0.4 is 15.4 Å². The summed E-state index contributed by atoms with van der Waals surface area (Å²) in [4.78, 5) is 28.8. The molecule has 0 aliphatic rings. The van der Waals surface area contributed by atoms with Crippen LogP contribution in [0.15, 0.2) is 85.2 Å². The van der Waals surface area contributed by atoms with Crippen molar-refractivity contribution >= 4 is 11.8 Å². The van der Waals surface area contributed by atoms with Gasteiger partial charge >= 0.3 is 0 Å². The van der Waals surface area contributed by atoms with Gasteiger partial charge in [-0.15, -0.1) is 0 Å². The summed E-state index contributed by atoms with van der Waals surface area (Å²) >= 11 is 0. The number of aromatic nitrogens is 3. The number of rotatable bonds is 8. The molecule has 0 atom stereocenters. The number of benzene rings is 2. The molecule has 8 nitrogen and oxygen atoms in total. The van der Waals surface area contributed by atoms with Gasteiger partial charge in [-0.1, -0.05) is 18.2 Å². The maximum absolute atomic E-state index is 12.8. The summed E-state index contributed by atoms with van der Waals surface area (Å²) in [5, 5.41) is 10.1. The lowest BCUT2D eigenvalue weighted by Crippen LogP contribution is -2.34. The van der Waals surface area contributed by atoms with E-state index >= 15 is 0 Å². The predicted octanol–water partition coefficient (Wildman–Crippen LogP) is 3.10. The molecule has 4 aromatic rings. The number of nitrogens with one attached hydrogen (secondary N) is 2. The lowest BCUT2D eigenvalue weighted by atomic mass is 10.1. The fraction of sp³-hybridized carbons (Fsp3) is 0.120. The molecule has 2 aromatic carbocycles. The highest BCUT2D eigenvalue weighted by molar-refractivity contribution is 5.94. The van der Waals surface area contributed by atoms with E-state index in [1.165, 1.54) is 6.20 Å². The maximum Gasteiger partial charge on any atom is 0.271 e. The van der Waals surface area contributed by atoms with Crippen LogP contribution >= 0.6 is 0 Å². The van der Waals surface area contributed by atoms with E-state index in [4.69, 9.17) is 4.74 Å². The van der Waals surface area contributed by atoms with E-state index < -0.39 is 0 Å². The van der Waals surface area contributed by atoms with Crippen LogP contribution in [0.4, 0.5) is 0 Å². The zero-order valence-corrected chi connectivity index (χ0v) is 18.1. The van der Waals surface area contributed by atoms with Gasteiger partial charge in [0.15, 0.2) is 5.69 Å². The molecule has 0 unspecified atom stereocenters. The molecule has 8 heteroatoms. The van der Waals surface area contributed by atoms with Crippen molar-refractivity contribution in [3.63, 3.8) is 0 Å². The summed E-state index contributed by atoms with van der Waals surface area (Å²) in [7, 11) is 1.62. The number of methoxy groups -OCH3 is 1. The maximum atomic E-state index is 12.8. The average molecular weight is 441 g/mol. The number of amides is 2. The van der Waals surface area contributed by atoms with Crippen LogP contribution in [0.25, 0.3) is 16.9 Å². The van der Waals surface area contributed by atoms with Crippen molar-refractivity contribution in [2.45, 2.75) is 0 Å². The van der Waals surface area contributed by atoms with E-state index in [1.807, 2.05) is 54.6 Å². The predicted molar refractivity (Wildman–Crippen MR) is 124 cm³/mol. The minimum absolute atomic E-state index is 0.243. The molecular weight excluding hydrogens is 418 g/mol. The Kier molecular flexibility index (Phi) is 6.75. The van der Waals surface area contributed by atoms with Crippen molar-refractivity contribution in [2.24, 2.45) is 0 Å². The number of pyridine rings is 1. The summed E-state index contributed by atoms with van der Waals surface area (Å²) in [5.41, 5.74) is 3.26. The lowest BCUT2D eigenvalue weighted by molar-refractivity contribution is 0.0924. The smallest absolute Gasteiger partial charge is 0.271 e. The Morgan fingerprint density at radius 2 is 1.64 bits per heavy atom. The minimum Gasteiger partial charge on any atom is -0.497 e. The lowest BCUT2D eigenvalue weighted by Gasteiger charge is -2.08. The van der Waals surface area contributed by atoms with Crippen LogP contribution in [0, 0.1) is 0 Å². The van der Waals surface area contributed by atoms with Gasteiger partial charge in [-0.05, 0) is 54.6 Å². The Bertz CT molecular complexity index is 1220. The third-order valence-electron chi connectivity index (χ3n) is 4.95. The zero-order chi connectivity index (χ0) is 23.0. The largest absolute Gasteiger partial charge is 0.497 e. The molecule has 0 saturated heterocycles. The standard InChI is InChI=1S/C25H23N5O3/c1-33-21-11-9-18(10-12-21)23-16-22(29-30(23)20-7-3-2-4-8-20)25(32)28-15-14-27-24(31)19-6-5-13-26-17-19/h2-13,16-17H,14-15H2,1H3,(H,27,31)(H,28,32). The van der Waals surface area contributed by atoms with Gasteiger partial charge in [0, 0.05) is 31.0 Å². The topological polar surface area (TPSA) is 98.1 Å². The SMILES string of the molecule is COc1ccc(-c2cc(C(=O)NCCNC(=O)c3cccnc3)nn2-c2ccccc2)cc1. The third-order valence-corrected chi connectivity index (χ3v) is 4.95. The van der Waals surface area contributed by atoms with Gasteiger partial charge < -0.3 is 15.4 Å². The molecule has 4 rings (SSSR count). The summed E-state index contributed by atoms with van der Waals surface area (Å²) in [6.07, 6.45) is 3.09. The molecule has 2 heterocycles. The van der Waals surface area contributed by atoms with Crippen molar-refractivity contribution in [1.82, 2.24) is 25.4 Å². The first-order valence-electron chi connectivity index (χ1n) is 10.4. The number of hydrogen-bond donors (Lipinski definition) is 2. The summed E-state index contributed by atoms with van der Waals surface area (Å²) in [6, 6.07) is 22.3. The van der Waals surface area contributed by atoms with Gasteiger partial charge in [0.1, 0.15) is 5.75 Å². The molecule has 0 bridgehead atoms. The van der Waals surface area contributed by atoms with Crippen LogP contribution in [0.5, 0.6) is 5.75 Å². The molecule has 166 valence electrons. The van der Waals surface area contributed by atoms with Crippen molar-refractivity contribution in [2.75, 3.05) is 20.2 Å². The van der Waals surface area contributed by atoms with Crippen molar-refractivity contribution in [1.29, 1.82) is 0 Å². The second kappa shape index (κ2) is 10.2. The first-order valence-corrected chi connectivity index (χ1v) is 10.4. The van der Waals surface area contributed by atoms with Gasteiger partial charge in [0.2, 0.25) is 0 Å². The van der Waals surface area contributed by atoms with Crippen LogP contribution in [-0.4, -0.2) is 46.8 Å². The van der Waals surface area contributed by atoms with Gasteiger partial charge in [-0.3, -0.25) is 14.6 Å². The van der Waals surface area contributed by atoms with E-state index in [9.17, 15) is 9.59 Å². The van der Waals surface area contributed by atoms with E-state index in [2.05, 4.69) is 20.7 Å². The number of carbonyl (C=O) groups is 2. The minimum atomic E-state index is -0.324. The van der Waals surface area contributed by atoms with Gasteiger partial charge in [0.25, 0.3) is 11.8 Å². The number of hydrogen-bond acceptors (Lipinski definition) is 5. The number of carbonyl (C=O) groups excluding carboxylic acids is 2. The Morgan fingerprint density at radius 1 is 0.909 bits per heavy atom. The average Bonchev–Trinajstić information content (AvgIpc) is 3.33. The molecule has 0 spiro atoms. The second-order valence-electron chi connectivity index (χ2n) is 7.14. The molecule has 0 radical (unpaired) electrons.